The Labute approximate surface area is 137 Å². The molecule has 0 saturated carbocycles. The van der Waals surface area contributed by atoms with Gasteiger partial charge in [0.2, 0.25) is 0 Å². The molecule has 0 radical (unpaired) electrons. The van der Waals surface area contributed by atoms with Crippen LogP contribution in [-0.4, -0.2) is 34.2 Å². The number of aryl methyl sites for hydroxylation is 3. The molecule has 0 spiro atoms. The first kappa shape index (κ1) is 16.9. The Morgan fingerprint density at radius 3 is 2.74 bits per heavy atom. The third kappa shape index (κ3) is 5.03. The van der Waals surface area contributed by atoms with Gasteiger partial charge >= 0.3 is 5.97 Å². The SMILES string of the molecule is Cc1cc(C)n(CCC(=O)OCC(=O)NC(=O)c2cccs2)n1. The van der Waals surface area contributed by atoms with Gasteiger partial charge in [-0.2, -0.15) is 5.10 Å². The van der Waals surface area contributed by atoms with Crippen molar-refractivity contribution in [3.63, 3.8) is 0 Å². The van der Waals surface area contributed by atoms with Gasteiger partial charge in [-0.25, -0.2) is 0 Å². The molecule has 2 amide bonds. The van der Waals surface area contributed by atoms with Crippen LogP contribution in [0.1, 0.15) is 27.5 Å². The van der Waals surface area contributed by atoms with E-state index < -0.39 is 24.4 Å². The number of esters is 1. The van der Waals surface area contributed by atoms with E-state index in [0.29, 0.717) is 11.4 Å². The van der Waals surface area contributed by atoms with Crippen LogP contribution >= 0.6 is 11.3 Å². The highest BCUT2D eigenvalue weighted by Crippen LogP contribution is 2.07. The zero-order valence-electron chi connectivity index (χ0n) is 12.9. The predicted molar refractivity (Wildman–Crippen MR) is 84.1 cm³/mol. The number of amides is 2. The van der Waals surface area contributed by atoms with Crippen molar-refractivity contribution in [2.75, 3.05) is 6.61 Å². The Morgan fingerprint density at radius 2 is 2.13 bits per heavy atom. The lowest BCUT2D eigenvalue weighted by Gasteiger charge is -2.06. The summed E-state index contributed by atoms with van der Waals surface area (Å²) in [6.45, 7) is 3.67. The van der Waals surface area contributed by atoms with E-state index in [2.05, 4.69) is 10.4 Å². The summed E-state index contributed by atoms with van der Waals surface area (Å²) in [7, 11) is 0. The molecule has 0 aliphatic heterocycles. The molecule has 0 aliphatic rings. The maximum atomic E-state index is 11.6. The van der Waals surface area contributed by atoms with Gasteiger partial charge in [-0.05, 0) is 31.4 Å². The van der Waals surface area contributed by atoms with Crippen molar-refractivity contribution in [2.24, 2.45) is 0 Å². The average molecular weight is 335 g/mol. The van der Waals surface area contributed by atoms with Gasteiger partial charge in [-0.1, -0.05) is 6.07 Å². The third-order valence-electron chi connectivity index (χ3n) is 2.99. The molecular weight excluding hydrogens is 318 g/mol. The van der Waals surface area contributed by atoms with Crippen LogP contribution in [-0.2, 0) is 20.9 Å². The highest BCUT2D eigenvalue weighted by molar-refractivity contribution is 7.12. The molecule has 0 bridgehead atoms. The molecule has 23 heavy (non-hydrogen) atoms. The maximum Gasteiger partial charge on any atom is 0.308 e. The second kappa shape index (κ2) is 7.68. The molecule has 0 saturated heterocycles. The lowest BCUT2D eigenvalue weighted by molar-refractivity contribution is -0.148. The van der Waals surface area contributed by atoms with Crippen molar-refractivity contribution in [2.45, 2.75) is 26.8 Å². The number of hydrogen-bond acceptors (Lipinski definition) is 6. The first-order valence-corrected chi connectivity index (χ1v) is 7.88. The summed E-state index contributed by atoms with van der Waals surface area (Å²) in [5.41, 5.74) is 1.83. The Balaban J connectivity index is 1.70. The second-order valence-electron chi connectivity index (χ2n) is 4.92. The summed E-state index contributed by atoms with van der Waals surface area (Å²) < 4.78 is 6.55. The van der Waals surface area contributed by atoms with Crippen molar-refractivity contribution in [1.82, 2.24) is 15.1 Å². The lowest BCUT2D eigenvalue weighted by Crippen LogP contribution is -2.33. The molecule has 2 aromatic heterocycles. The maximum absolute atomic E-state index is 11.6. The average Bonchev–Trinajstić information content (AvgIpc) is 3.12. The molecule has 0 aromatic carbocycles. The Kier molecular flexibility index (Phi) is 5.64. The van der Waals surface area contributed by atoms with Crippen LogP contribution in [0.4, 0.5) is 0 Å². The van der Waals surface area contributed by atoms with Gasteiger partial charge in [0.15, 0.2) is 6.61 Å². The number of thiophene rings is 1. The first-order valence-electron chi connectivity index (χ1n) is 7.00. The minimum atomic E-state index is -0.650. The van der Waals surface area contributed by atoms with Crippen LogP contribution in [0, 0.1) is 13.8 Å². The molecule has 7 nitrogen and oxygen atoms in total. The van der Waals surface area contributed by atoms with Gasteiger partial charge in [0, 0.05) is 5.69 Å². The van der Waals surface area contributed by atoms with E-state index in [0.717, 1.165) is 11.4 Å². The fourth-order valence-electron chi connectivity index (χ4n) is 1.95. The molecule has 122 valence electrons. The molecule has 0 aliphatic carbocycles. The van der Waals surface area contributed by atoms with E-state index in [1.165, 1.54) is 11.3 Å². The number of hydrogen-bond donors (Lipinski definition) is 1. The van der Waals surface area contributed by atoms with Crippen molar-refractivity contribution < 1.29 is 19.1 Å². The number of ether oxygens (including phenoxy) is 1. The topological polar surface area (TPSA) is 90.3 Å². The third-order valence-corrected chi connectivity index (χ3v) is 3.86. The number of aromatic nitrogens is 2. The summed E-state index contributed by atoms with van der Waals surface area (Å²) in [5.74, 6) is -1.66. The molecule has 8 heteroatoms. The number of nitrogens with zero attached hydrogens (tertiary/aromatic N) is 2. The van der Waals surface area contributed by atoms with E-state index in [4.69, 9.17) is 4.74 Å². The minimum absolute atomic E-state index is 0.105. The summed E-state index contributed by atoms with van der Waals surface area (Å²) in [6.07, 6.45) is 0.105. The molecule has 2 rings (SSSR count). The summed E-state index contributed by atoms with van der Waals surface area (Å²) in [6, 6.07) is 5.23. The Hall–Kier alpha value is -2.48. The van der Waals surface area contributed by atoms with Crippen molar-refractivity contribution in [3.05, 3.63) is 39.8 Å². The molecular formula is C15H17N3O4S. The monoisotopic (exact) mass is 335 g/mol. The van der Waals surface area contributed by atoms with Crippen LogP contribution in [0.5, 0.6) is 0 Å². The van der Waals surface area contributed by atoms with Gasteiger partial charge in [0.05, 0.1) is 23.5 Å². The normalized spacial score (nSPS) is 10.3. The highest BCUT2D eigenvalue weighted by Gasteiger charge is 2.13. The fraction of sp³-hybridized carbons (Fsp3) is 0.333. The molecule has 1 N–H and O–H groups in total. The molecule has 2 heterocycles. The largest absolute Gasteiger partial charge is 0.456 e. The van der Waals surface area contributed by atoms with Crippen molar-refractivity contribution in [1.29, 1.82) is 0 Å². The van der Waals surface area contributed by atoms with Gasteiger partial charge < -0.3 is 4.74 Å². The van der Waals surface area contributed by atoms with Gasteiger partial charge in [-0.3, -0.25) is 24.4 Å². The summed E-state index contributed by atoms with van der Waals surface area (Å²) in [5, 5.41) is 8.13. The minimum Gasteiger partial charge on any atom is -0.456 e. The fourth-order valence-corrected chi connectivity index (χ4v) is 2.57. The van der Waals surface area contributed by atoms with Gasteiger partial charge in [0.1, 0.15) is 0 Å². The molecule has 0 fully saturated rings. The van der Waals surface area contributed by atoms with Gasteiger partial charge in [-0.15, -0.1) is 11.3 Å². The molecule has 0 atom stereocenters. The first-order chi connectivity index (χ1) is 11.0. The summed E-state index contributed by atoms with van der Waals surface area (Å²) >= 11 is 1.22. The van der Waals surface area contributed by atoms with Crippen molar-refractivity contribution in [3.8, 4) is 0 Å². The van der Waals surface area contributed by atoms with Crippen LogP contribution < -0.4 is 5.32 Å². The standard InChI is InChI=1S/C15H17N3O4S/c1-10-8-11(2)18(17-10)6-5-14(20)22-9-13(19)16-15(21)12-4-3-7-23-12/h3-4,7-8H,5-6,9H2,1-2H3,(H,16,19,21). The quantitative estimate of drug-likeness (QED) is 0.807. The van der Waals surface area contributed by atoms with Crippen LogP contribution in [0.2, 0.25) is 0 Å². The van der Waals surface area contributed by atoms with Crippen LogP contribution in [0.15, 0.2) is 23.6 Å². The number of carbonyl (C=O) groups excluding carboxylic acids is 3. The number of imide groups is 1. The Morgan fingerprint density at radius 1 is 1.35 bits per heavy atom. The Bertz CT molecular complexity index is 706. The molecule has 2 aromatic rings. The zero-order valence-corrected chi connectivity index (χ0v) is 13.7. The van der Waals surface area contributed by atoms with Crippen molar-refractivity contribution >= 4 is 29.1 Å². The van der Waals surface area contributed by atoms with E-state index in [1.807, 2.05) is 19.9 Å². The number of nitrogens with one attached hydrogen (secondary N) is 1. The van der Waals surface area contributed by atoms with E-state index >= 15 is 0 Å². The van der Waals surface area contributed by atoms with E-state index in [9.17, 15) is 14.4 Å². The smallest absolute Gasteiger partial charge is 0.308 e. The second-order valence-corrected chi connectivity index (χ2v) is 5.86. The lowest BCUT2D eigenvalue weighted by atomic mass is 10.4. The number of carbonyl (C=O) groups is 3. The predicted octanol–water partition coefficient (Wildman–Crippen LogP) is 1.45. The summed E-state index contributed by atoms with van der Waals surface area (Å²) in [4.78, 5) is 35.3. The van der Waals surface area contributed by atoms with E-state index in [1.54, 1.807) is 22.2 Å². The van der Waals surface area contributed by atoms with Crippen LogP contribution in [0.3, 0.4) is 0 Å². The van der Waals surface area contributed by atoms with Gasteiger partial charge in [0.25, 0.3) is 11.8 Å². The zero-order chi connectivity index (χ0) is 16.8. The highest BCUT2D eigenvalue weighted by atomic mass is 32.1. The van der Waals surface area contributed by atoms with E-state index in [-0.39, 0.29) is 6.42 Å². The number of rotatable bonds is 6. The molecule has 0 unspecified atom stereocenters. The van der Waals surface area contributed by atoms with Crippen LogP contribution in [0.25, 0.3) is 0 Å².